The molecule has 0 spiro atoms. The van der Waals surface area contributed by atoms with Gasteiger partial charge in [0.2, 0.25) is 11.8 Å². The standard InChI is InChI=1S/C41H48N8O8/c1-22(2)33(46-40(52)55-5)38(50)48-17-7-9-30(48)36-42-27-16-14-24(19-28(27)43-36)11-12-25-13-15-26-32(20-25)57-21-29-35(26)45-37(44-29)31-10-8-18-49(31)39(51)34(23(3)54-4)47-41(53)56-6/h13-16,19-20,22-23,30-31,33-34H,7-10,17-18,21H2,1-6H3,(H,42,43)(H,44,45)(H,46,52)(H,47,53)/t23-,30+,31+,33+,34+/m1/s1. The highest BCUT2D eigenvalue weighted by Crippen LogP contribution is 2.40. The fraction of sp³-hybridized carbons (Fsp3) is 0.463. The monoisotopic (exact) mass is 780 g/mol. The van der Waals surface area contributed by atoms with Gasteiger partial charge in [-0.1, -0.05) is 25.7 Å². The highest BCUT2D eigenvalue weighted by atomic mass is 16.5. The Bertz CT molecular complexity index is 2240. The summed E-state index contributed by atoms with van der Waals surface area (Å²) in [6, 6.07) is 9.37. The number of carbonyl (C=O) groups excluding carboxylic acids is 4. The van der Waals surface area contributed by atoms with Crippen LogP contribution in [-0.2, 0) is 30.4 Å². The number of fused-ring (bicyclic) bond motifs is 4. The van der Waals surface area contributed by atoms with Crippen LogP contribution < -0.4 is 15.4 Å². The van der Waals surface area contributed by atoms with Gasteiger partial charge in [-0.25, -0.2) is 19.6 Å². The van der Waals surface area contributed by atoms with E-state index in [-0.39, 0.29) is 36.4 Å². The zero-order valence-electron chi connectivity index (χ0n) is 32.9. The Morgan fingerprint density at radius 1 is 0.807 bits per heavy atom. The number of nitrogens with one attached hydrogen (secondary N) is 4. The largest absolute Gasteiger partial charge is 0.487 e. The van der Waals surface area contributed by atoms with Crippen molar-refractivity contribution in [3.8, 4) is 28.8 Å². The molecule has 2 fully saturated rings. The maximum atomic E-state index is 13.7. The molecule has 16 heteroatoms. The van der Waals surface area contributed by atoms with Crippen molar-refractivity contribution in [3.63, 3.8) is 0 Å². The number of hydrogen-bond donors (Lipinski definition) is 4. The van der Waals surface area contributed by atoms with Crippen molar-refractivity contribution < 1.29 is 38.1 Å². The smallest absolute Gasteiger partial charge is 0.407 e. The topological polar surface area (TPSA) is 193 Å². The van der Waals surface area contributed by atoms with Crippen molar-refractivity contribution in [2.45, 2.75) is 83.3 Å². The molecule has 0 bridgehead atoms. The quantitative estimate of drug-likeness (QED) is 0.173. The Kier molecular flexibility index (Phi) is 11.4. The number of hydrogen-bond acceptors (Lipinski definition) is 10. The van der Waals surface area contributed by atoms with Gasteiger partial charge in [0.25, 0.3) is 0 Å². The number of rotatable bonds is 9. The maximum Gasteiger partial charge on any atom is 0.407 e. The Labute approximate surface area is 330 Å². The minimum Gasteiger partial charge on any atom is -0.487 e. The third-order valence-electron chi connectivity index (χ3n) is 10.9. The van der Waals surface area contributed by atoms with Crippen LogP contribution in [0.15, 0.2) is 36.4 Å². The molecule has 0 unspecified atom stereocenters. The van der Waals surface area contributed by atoms with Crippen LogP contribution in [0.5, 0.6) is 5.75 Å². The van der Waals surface area contributed by atoms with Crippen LogP contribution in [0, 0.1) is 17.8 Å². The first-order chi connectivity index (χ1) is 27.5. The molecule has 2 saturated heterocycles. The number of amides is 4. The molecule has 4 aromatic rings. The third kappa shape index (κ3) is 7.97. The molecule has 4 amide bonds. The first kappa shape index (κ1) is 39.2. The fourth-order valence-electron chi connectivity index (χ4n) is 7.78. The molecule has 300 valence electrons. The molecule has 16 nitrogen and oxygen atoms in total. The average Bonchev–Trinajstić information content (AvgIpc) is 4.05. The molecule has 2 aromatic carbocycles. The molecule has 7 rings (SSSR count). The SMILES string of the molecule is COC(=O)N[C@H](C(=O)N1CCC[C@H]1c1nc2ccc(C#Cc3ccc4c(c3)OCc3[nH]c([C@@H]5CCCN5C(=O)[C@@H](NC(=O)OC)[C@@H](C)OC)nc3-4)cc2[nH]1)C(C)C. The van der Waals surface area contributed by atoms with E-state index in [2.05, 4.69) is 32.4 Å². The lowest BCUT2D eigenvalue weighted by molar-refractivity contribution is -0.137. The molecule has 5 atom stereocenters. The Balaban J connectivity index is 1.06. The van der Waals surface area contributed by atoms with E-state index in [1.54, 1.807) is 16.7 Å². The summed E-state index contributed by atoms with van der Waals surface area (Å²) in [4.78, 5) is 71.5. The van der Waals surface area contributed by atoms with E-state index in [9.17, 15) is 19.2 Å². The third-order valence-corrected chi connectivity index (χ3v) is 10.9. The van der Waals surface area contributed by atoms with Gasteiger partial charge in [-0.3, -0.25) is 9.59 Å². The number of aromatic nitrogens is 4. The summed E-state index contributed by atoms with van der Waals surface area (Å²) in [7, 11) is 4.03. The first-order valence-electron chi connectivity index (χ1n) is 19.2. The summed E-state index contributed by atoms with van der Waals surface area (Å²) in [5.41, 5.74) is 5.55. The Hall–Kier alpha value is -6.08. The van der Waals surface area contributed by atoms with E-state index >= 15 is 0 Å². The Morgan fingerprint density at radius 3 is 2.04 bits per heavy atom. The molecule has 2 aromatic heterocycles. The number of aromatic amines is 2. The first-order valence-corrected chi connectivity index (χ1v) is 19.2. The van der Waals surface area contributed by atoms with Gasteiger partial charge in [-0.15, -0.1) is 0 Å². The average molecular weight is 781 g/mol. The molecule has 4 N–H and O–H groups in total. The number of methoxy groups -OCH3 is 3. The van der Waals surface area contributed by atoms with Crippen LogP contribution in [0.2, 0.25) is 0 Å². The van der Waals surface area contributed by atoms with E-state index < -0.39 is 30.4 Å². The summed E-state index contributed by atoms with van der Waals surface area (Å²) in [5, 5.41) is 5.31. The fourth-order valence-corrected chi connectivity index (χ4v) is 7.78. The van der Waals surface area contributed by atoms with E-state index in [1.807, 2.05) is 50.2 Å². The van der Waals surface area contributed by atoms with E-state index in [0.29, 0.717) is 36.9 Å². The number of H-pyrrole nitrogens is 2. The highest BCUT2D eigenvalue weighted by Gasteiger charge is 2.40. The summed E-state index contributed by atoms with van der Waals surface area (Å²) in [6.45, 7) is 6.88. The molecule has 0 saturated carbocycles. The second kappa shape index (κ2) is 16.6. The summed E-state index contributed by atoms with van der Waals surface area (Å²) in [6.07, 6.45) is 1.17. The number of likely N-dealkylation sites (tertiary alicyclic amines) is 2. The lowest BCUT2D eigenvalue weighted by Gasteiger charge is -2.30. The second-order valence-electron chi connectivity index (χ2n) is 14.8. The molecule has 3 aliphatic rings. The summed E-state index contributed by atoms with van der Waals surface area (Å²) < 4.78 is 21.1. The number of carbonyl (C=O) groups is 4. The molecule has 3 aliphatic heterocycles. The van der Waals surface area contributed by atoms with Crippen molar-refractivity contribution in [1.29, 1.82) is 0 Å². The number of benzene rings is 2. The van der Waals surface area contributed by atoms with Gasteiger partial charge in [-0.2, -0.15) is 0 Å². The summed E-state index contributed by atoms with van der Waals surface area (Å²) >= 11 is 0. The van der Waals surface area contributed by atoms with E-state index in [1.165, 1.54) is 21.3 Å². The van der Waals surface area contributed by atoms with Gasteiger partial charge in [0.1, 0.15) is 36.1 Å². The van der Waals surface area contributed by atoms with Crippen LogP contribution >= 0.6 is 0 Å². The predicted molar refractivity (Wildman–Crippen MR) is 208 cm³/mol. The lowest BCUT2D eigenvalue weighted by Crippen LogP contribution is -2.54. The van der Waals surface area contributed by atoms with Gasteiger partial charge >= 0.3 is 12.2 Å². The number of ether oxygens (including phenoxy) is 4. The number of alkyl carbamates (subject to hydrolysis) is 2. The molecule has 5 heterocycles. The predicted octanol–water partition coefficient (Wildman–Crippen LogP) is 4.71. The van der Waals surface area contributed by atoms with Crippen molar-refractivity contribution >= 4 is 35.0 Å². The van der Waals surface area contributed by atoms with Crippen molar-refractivity contribution in [1.82, 2.24) is 40.4 Å². The van der Waals surface area contributed by atoms with Crippen LogP contribution in [-0.4, -0.2) is 106 Å². The lowest BCUT2D eigenvalue weighted by atomic mass is 10.0. The van der Waals surface area contributed by atoms with Gasteiger partial charge in [-0.05, 0) is 74.9 Å². The minimum absolute atomic E-state index is 0.122. The van der Waals surface area contributed by atoms with E-state index in [4.69, 9.17) is 28.9 Å². The number of imidazole rings is 2. The van der Waals surface area contributed by atoms with Crippen LogP contribution in [0.25, 0.3) is 22.3 Å². The zero-order valence-corrected chi connectivity index (χ0v) is 32.9. The van der Waals surface area contributed by atoms with Crippen molar-refractivity contribution in [3.05, 3.63) is 64.9 Å². The minimum atomic E-state index is -0.919. The molecule has 0 aliphatic carbocycles. The molecule has 0 radical (unpaired) electrons. The second-order valence-corrected chi connectivity index (χ2v) is 14.8. The maximum absolute atomic E-state index is 13.7. The molecule has 57 heavy (non-hydrogen) atoms. The normalized spacial score (nSPS) is 18.8. The molecular weight excluding hydrogens is 732 g/mol. The Morgan fingerprint density at radius 2 is 1.40 bits per heavy atom. The summed E-state index contributed by atoms with van der Waals surface area (Å²) in [5.74, 6) is 7.98. The number of nitrogens with zero attached hydrogens (tertiary/aromatic N) is 4. The van der Waals surface area contributed by atoms with Crippen molar-refractivity contribution in [2.75, 3.05) is 34.4 Å². The van der Waals surface area contributed by atoms with E-state index in [0.717, 1.165) is 58.4 Å². The highest BCUT2D eigenvalue weighted by molar-refractivity contribution is 5.87. The van der Waals surface area contributed by atoms with Gasteiger partial charge in [0, 0.05) is 36.9 Å². The van der Waals surface area contributed by atoms with Gasteiger partial charge < -0.3 is 49.3 Å². The van der Waals surface area contributed by atoms with Gasteiger partial charge in [0.05, 0.1) is 54.8 Å². The van der Waals surface area contributed by atoms with Crippen LogP contribution in [0.4, 0.5) is 9.59 Å². The van der Waals surface area contributed by atoms with Crippen molar-refractivity contribution in [2.24, 2.45) is 5.92 Å². The van der Waals surface area contributed by atoms with Crippen LogP contribution in [0.3, 0.4) is 0 Å². The molecular formula is C41H48N8O8. The zero-order chi connectivity index (χ0) is 40.4. The van der Waals surface area contributed by atoms with Gasteiger partial charge in [0.15, 0.2) is 0 Å². The van der Waals surface area contributed by atoms with Crippen LogP contribution in [0.1, 0.15) is 87.0 Å².